The average Bonchev–Trinajstić information content (AvgIpc) is 3.11. The Bertz CT molecular complexity index is 478. The van der Waals surface area contributed by atoms with Crippen molar-refractivity contribution >= 4 is 21.8 Å². The van der Waals surface area contributed by atoms with E-state index in [4.69, 9.17) is 10.00 Å². The molecule has 0 heterocycles. The van der Waals surface area contributed by atoms with E-state index >= 15 is 0 Å². The fourth-order valence-corrected chi connectivity index (χ4v) is 1.72. The third kappa shape index (κ3) is 3.46. The van der Waals surface area contributed by atoms with Crippen molar-refractivity contribution in [3.05, 3.63) is 28.2 Å². The van der Waals surface area contributed by atoms with Crippen LogP contribution in [0.5, 0.6) is 5.75 Å². The molecule has 17 heavy (non-hydrogen) atoms. The van der Waals surface area contributed by atoms with Crippen LogP contribution in [0.1, 0.15) is 18.4 Å². The minimum atomic E-state index is -0.140. The SMILES string of the molecule is N#Cc1cc(Br)ccc1OCC(=O)NC1CC1. The summed E-state index contributed by atoms with van der Waals surface area (Å²) in [5.74, 6) is 0.293. The number of nitrogens with one attached hydrogen (secondary N) is 1. The number of carbonyl (C=O) groups is 1. The maximum atomic E-state index is 11.4. The summed E-state index contributed by atoms with van der Waals surface area (Å²) in [7, 11) is 0. The van der Waals surface area contributed by atoms with E-state index in [0.717, 1.165) is 17.3 Å². The first-order valence-electron chi connectivity index (χ1n) is 5.31. The summed E-state index contributed by atoms with van der Waals surface area (Å²) in [6.45, 7) is -0.0488. The molecule has 4 nitrogen and oxygen atoms in total. The number of halogens is 1. The van der Waals surface area contributed by atoms with Crippen molar-refractivity contribution in [3.8, 4) is 11.8 Å². The summed E-state index contributed by atoms with van der Waals surface area (Å²) in [4.78, 5) is 11.4. The summed E-state index contributed by atoms with van der Waals surface area (Å²) < 4.78 is 6.13. The number of ether oxygens (including phenoxy) is 1. The predicted octanol–water partition coefficient (Wildman–Crippen LogP) is 1.98. The molecule has 0 aromatic heterocycles. The zero-order valence-electron chi connectivity index (χ0n) is 9.07. The summed E-state index contributed by atoms with van der Waals surface area (Å²) in [5, 5.41) is 11.7. The molecule has 0 spiro atoms. The lowest BCUT2D eigenvalue weighted by atomic mass is 10.2. The standard InChI is InChI=1S/C12H11BrN2O2/c13-9-1-4-11(8(5-9)6-14)17-7-12(16)15-10-2-3-10/h1,4-5,10H,2-3,7H2,(H,15,16). The van der Waals surface area contributed by atoms with Crippen molar-refractivity contribution in [3.63, 3.8) is 0 Å². The summed E-state index contributed by atoms with van der Waals surface area (Å²) >= 11 is 3.27. The molecule has 1 saturated carbocycles. The van der Waals surface area contributed by atoms with Gasteiger partial charge in [0.25, 0.3) is 5.91 Å². The fourth-order valence-electron chi connectivity index (χ4n) is 1.36. The lowest BCUT2D eigenvalue weighted by molar-refractivity contribution is -0.123. The normalized spacial score (nSPS) is 13.9. The minimum Gasteiger partial charge on any atom is -0.482 e. The van der Waals surface area contributed by atoms with Crippen LogP contribution in [0.25, 0.3) is 0 Å². The van der Waals surface area contributed by atoms with Crippen LogP contribution in [-0.4, -0.2) is 18.6 Å². The molecule has 5 heteroatoms. The lowest BCUT2D eigenvalue weighted by Crippen LogP contribution is -2.30. The molecule has 0 saturated heterocycles. The van der Waals surface area contributed by atoms with Gasteiger partial charge in [0.05, 0.1) is 5.56 Å². The van der Waals surface area contributed by atoms with Gasteiger partial charge in [0, 0.05) is 10.5 Å². The Hall–Kier alpha value is -1.54. The van der Waals surface area contributed by atoms with E-state index in [1.54, 1.807) is 18.2 Å². The second-order valence-electron chi connectivity index (χ2n) is 3.88. The van der Waals surface area contributed by atoms with E-state index in [-0.39, 0.29) is 12.5 Å². The number of benzene rings is 1. The molecule has 0 radical (unpaired) electrons. The maximum absolute atomic E-state index is 11.4. The zero-order valence-corrected chi connectivity index (χ0v) is 10.7. The van der Waals surface area contributed by atoms with Gasteiger partial charge in [-0.05, 0) is 31.0 Å². The van der Waals surface area contributed by atoms with Crippen molar-refractivity contribution in [2.24, 2.45) is 0 Å². The lowest BCUT2D eigenvalue weighted by Gasteiger charge is -2.08. The number of carbonyl (C=O) groups excluding carboxylic acids is 1. The Kier molecular flexibility index (Phi) is 3.64. The summed E-state index contributed by atoms with van der Waals surface area (Å²) in [6.07, 6.45) is 2.10. The minimum absolute atomic E-state index is 0.0488. The van der Waals surface area contributed by atoms with E-state index < -0.39 is 0 Å². The van der Waals surface area contributed by atoms with Crippen LogP contribution in [0, 0.1) is 11.3 Å². The van der Waals surface area contributed by atoms with Crippen LogP contribution in [0.2, 0.25) is 0 Å². The van der Waals surface area contributed by atoms with Crippen molar-refractivity contribution < 1.29 is 9.53 Å². The van der Waals surface area contributed by atoms with Crippen LogP contribution in [-0.2, 0) is 4.79 Å². The zero-order chi connectivity index (χ0) is 12.3. The molecule has 0 aliphatic heterocycles. The van der Waals surface area contributed by atoms with Gasteiger partial charge >= 0.3 is 0 Å². The number of rotatable bonds is 4. The van der Waals surface area contributed by atoms with Crippen molar-refractivity contribution in [2.45, 2.75) is 18.9 Å². The number of hydrogen-bond donors (Lipinski definition) is 1. The van der Waals surface area contributed by atoms with Gasteiger partial charge < -0.3 is 10.1 Å². The Morgan fingerprint density at radius 1 is 1.59 bits per heavy atom. The van der Waals surface area contributed by atoms with Crippen LogP contribution in [0.3, 0.4) is 0 Å². The van der Waals surface area contributed by atoms with E-state index in [1.807, 2.05) is 6.07 Å². The fraction of sp³-hybridized carbons (Fsp3) is 0.333. The first-order valence-corrected chi connectivity index (χ1v) is 6.10. The first kappa shape index (κ1) is 11.9. The quantitative estimate of drug-likeness (QED) is 0.924. The predicted molar refractivity (Wildman–Crippen MR) is 65.5 cm³/mol. The molecule has 1 aliphatic rings. The molecule has 0 bridgehead atoms. The molecule has 1 aromatic rings. The molecule has 1 amide bonds. The highest BCUT2D eigenvalue weighted by molar-refractivity contribution is 9.10. The number of nitrogens with zero attached hydrogens (tertiary/aromatic N) is 1. The Morgan fingerprint density at radius 3 is 3.00 bits per heavy atom. The number of nitriles is 1. The molecule has 2 rings (SSSR count). The summed E-state index contributed by atoms with van der Waals surface area (Å²) in [6, 6.07) is 7.46. The van der Waals surface area contributed by atoms with Gasteiger partial charge in [0.2, 0.25) is 0 Å². The van der Waals surface area contributed by atoms with Crippen molar-refractivity contribution in [2.75, 3.05) is 6.61 Å². The van der Waals surface area contributed by atoms with Crippen molar-refractivity contribution in [1.29, 1.82) is 5.26 Å². The van der Waals surface area contributed by atoms with E-state index in [2.05, 4.69) is 21.2 Å². The second-order valence-corrected chi connectivity index (χ2v) is 4.80. The molecule has 1 N–H and O–H groups in total. The van der Waals surface area contributed by atoms with Gasteiger partial charge in [-0.25, -0.2) is 0 Å². The highest BCUT2D eigenvalue weighted by Gasteiger charge is 2.23. The Balaban J connectivity index is 1.93. The van der Waals surface area contributed by atoms with Crippen LogP contribution in [0.4, 0.5) is 0 Å². The van der Waals surface area contributed by atoms with Crippen LogP contribution < -0.4 is 10.1 Å². The largest absolute Gasteiger partial charge is 0.482 e. The van der Waals surface area contributed by atoms with Gasteiger partial charge in [0.15, 0.2) is 6.61 Å². The van der Waals surface area contributed by atoms with Gasteiger partial charge in [0.1, 0.15) is 11.8 Å². The maximum Gasteiger partial charge on any atom is 0.258 e. The topological polar surface area (TPSA) is 62.1 Å². The number of amides is 1. The average molecular weight is 295 g/mol. The van der Waals surface area contributed by atoms with E-state index in [0.29, 0.717) is 17.4 Å². The molecule has 1 aliphatic carbocycles. The Morgan fingerprint density at radius 2 is 2.35 bits per heavy atom. The molecular weight excluding hydrogens is 284 g/mol. The van der Waals surface area contributed by atoms with E-state index in [1.165, 1.54) is 0 Å². The third-order valence-electron chi connectivity index (χ3n) is 2.36. The highest BCUT2D eigenvalue weighted by Crippen LogP contribution is 2.22. The van der Waals surface area contributed by atoms with Gasteiger partial charge in [-0.3, -0.25) is 4.79 Å². The summed E-state index contributed by atoms with van der Waals surface area (Å²) in [5.41, 5.74) is 0.415. The Labute approximate surface area is 108 Å². The van der Waals surface area contributed by atoms with E-state index in [9.17, 15) is 4.79 Å². The molecule has 88 valence electrons. The van der Waals surface area contributed by atoms with Crippen LogP contribution in [0.15, 0.2) is 22.7 Å². The third-order valence-corrected chi connectivity index (χ3v) is 2.86. The molecule has 1 fully saturated rings. The number of hydrogen-bond acceptors (Lipinski definition) is 3. The second kappa shape index (κ2) is 5.19. The molecular formula is C12H11BrN2O2. The van der Waals surface area contributed by atoms with Gasteiger partial charge in [-0.2, -0.15) is 5.26 Å². The van der Waals surface area contributed by atoms with Crippen LogP contribution >= 0.6 is 15.9 Å². The smallest absolute Gasteiger partial charge is 0.258 e. The monoisotopic (exact) mass is 294 g/mol. The highest BCUT2D eigenvalue weighted by atomic mass is 79.9. The van der Waals surface area contributed by atoms with Crippen molar-refractivity contribution in [1.82, 2.24) is 5.32 Å². The molecule has 1 aromatic carbocycles. The van der Waals surface area contributed by atoms with Gasteiger partial charge in [-0.1, -0.05) is 15.9 Å². The molecule has 0 atom stereocenters. The van der Waals surface area contributed by atoms with Gasteiger partial charge in [-0.15, -0.1) is 0 Å². The molecule has 0 unspecified atom stereocenters. The first-order chi connectivity index (χ1) is 8.19.